The standard InChI is InChI=1S/C18H27N3O5/c19-13-8-14(17-16(9-13)25-6-7-26-17)18(24)20-10-12-2-4-21(3-1-5-22)11-15(12)23/h8-9,12,15,22-23H,1-7,10-11,19H2,(H,20,24)/t12-,15+/m0/s1. The highest BCUT2D eigenvalue weighted by Crippen LogP contribution is 2.36. The molecule has 1 aromatic carbocycles. The molecule has 8 heteroatoms. The Hall–Kier alpha value is -2.03. The van der Waals surface area contributed by atoms with Crippen LogP contribution < -0.4 is 20.5 Å². The van der Waals surface area contributed by atoms with Crippen LogP contribution in [-0.2, 0) is 0 Å². The fourth-order valence-corrected chi connectivity index (χ4v) is 3.44. The van der Waals surface area contributed by atoms with Gasteiger partial charge in [0.25, 0.3) is 5.91 Å². The number of nitrogens with one attached hydrogen (secondary N) is 1. The van der Waals surface area contributed by atoms with E-state index in [1.807, 2.05) is 0 Å². The minimum absolute atomic E-state index is 0.00150. The average Bonchev–Trinajstić information content (AvgIpc) is 2.64. The number of likely N-dealkylation sites (tertiary alicyclic amines) is 1. The molecule has 0 unspecified atom stereocenters. The van der Waals surface area contributed by atoms with Crippen LogP contribution in [0.15, 0.2) is 12.1 Å². The molecule has 8 nitrogen and oxygen atoms in total. The van der Waals surface area contributed by atoms with Crippen molar-refractivity contribution >= 4 is 11.6 Å². The summed E-state index contributed by atoms with van der Waals surface area (Å²) in [5.74, 6) is 0.619. The Kier molecular flexibility index (Phi) is 6.18. The summed E-state index contributed by atoms with van der Waals surface area (Å²) in [5.41, 5.74) is 6.66. The number of nitrogens with zero attached hydrogens (tertiary/aromatic N) is 1. The molecule has 2 atom stereocenters. The lowest BCUT2D eigenvalue weighted by atomic mass is 9.93. The van der Waals surface area contributed by atoms with E-state index in [-0.39, 0.29) is 18.4 Å². The molecule has 2 heterocycles. The van der Waals surface area contributed by atoms with E-state index in [9.17, 15) is 9.90 Å². The second-order valence-electron chi connectivity index (χ2n) is 6.80. The van der Waals surface area contributed by atoms with Gasteiger partial charge in [-0.15, -0.1) is 0 Å². The second kappa shape index (κ2) is 8.57. The number of piperidine rings is 1. The summed E-state index contributed by atoms with van der Waals surface area (Å²) in [5, 5.41) is 22.1. The number of nitrogens with two attached hydrogens (primary N) is 1. The summed E-state index contributed by atoms with van der Waals surface area (Å²) in [6.07, 6.45) is 0.996. The first-order chi connectivity index (χ1) is 12.6. The van der Waals surface area contributed by atoms with E-state index in [0.717, 1.165) is 19.5 Å². The lowest BCUT2D eigenvalue weighted by Crippen LogP contribution is -2.48. The highest BCUT2D eigenvalue weighted by atomic mass is 16.6. The molecule has 0 saturated carbocycles. The monoisotopic (exact) mass is 365 g/mol. The number of carbonyl (C=O) groups excluding carboxylic acids is 1. The Morgan fingerprint density at radius 2 is 2.15 bits per heavy atom. The summed E-state index contributed by atoms with van der Waals surface area (Å²) >= 11 is 0. The molecule has 0 aromatic heterocycles. The number of carbonyl (C=O) groups is 1. The van der Waals surface area contributed by atoms with Crippen molar-refractivity contribution in [2.45, 2.75) is 18.9 Å². The molecule has 2 aliphatic rings. The zero-order valence-corrected chi connectivity index (χ0v) is 14.8. The van der Waals surface area contributed by atoms with Crippen molar-refractivity contribution in [1.82, 2.24) is 10.2 Å². The number of rotatable bonds is 6. The molecule has 5 N–H and O–H groups in total. The Labute approximate surface area is 152 Å². The average molecular weight is 365 g/mol. The van der Waals surface area contributed by atoms with Crippen molar-refractivity contribution in [3.05, 3.63) is 17.7 Å². The Morgan fingerprint density at radius 1 is 1.35 bits per heavy atom. The first-order valence-electron chi connectivity index (χ1n) is 9.07. The van der Waals surface area contributed by atoms with Crippen LogP contribution in [0.2, 0.25) is 0 Å². The molecule has 144 valence electrons. The third kappa shape index (κ3) is 4.38. The quantitative estimate of drug-likeness (QED) is 0.517. The van der Waals surface area contributed by atoms with Gasteiger partial charge >= 0.3 is 0 Å². The van der Waals surface area contributed by atoms with Gasteiger partial charge in [0.1, 0.15) is 13.2 Å². The van der Waals surface area contributed by atoms with Crippen molar-refractivity contribution in [2.75, 3.05) is 51.7 Å². The highest BCUT2D eigenvalue weighted by Gasteiger charge is 2.28. The van der Waals surface area contributed by atoms with Crippen molar-refractivity contribution in [3.63, 3.8) is 0 Å². The number of nitrogen functional groups attached to an aromatic ring is 1. The maximum atomic E-state index is 12.6. The second-order valence-corrected chi connectivity index (χ2v) is 6.80. The predicted molar refractivity (Wildman–Crippen MR) is 96.4 cm³/mol. The number of anilines is 1. The largest absolute Gasteiger partial charge is 0.486 e. The van der Waals surface area contributed by atoms with Gasteiger partial charge < -0.3 is 35.6 Å². The molecule has 2 aliphatic heterocycles. The first kappa shape index (κ1) is 18.8. The van der Waals surface area contributed by atoms with Gasteiger partial charge in [-0.3, -0.25) is 4.79 Å². The molecule has 0 aliphatic carbocycles. The maximum absolute atomic E-state index is 12.6. The number of amides is 1. The van der Waals surface area contributed by atoms with Crippen molar-refractivity contribution < 1.29 is 24.5 Å². The molecule has 26 heavy (non-hydrogen) atoms. The third-order valence-corrected chi connectivity index (χ3v) is 4.87. The number of ether oxygens (including phenoxy) is 2. The van der Waals surface area contributed by atoms with Gasteiger partial charge in [-0.1, -0.05) is 0 Å². The van der Waals surface area contributed by atoms with Crippen LogP contribution in [0.3, 0.4) is 0 Å². The van der Waals surface area contributed by atoms with Crippen LogP contribution in [0, 0.1) is 5.92 Å². The molecule has 0 radical (unpaired) electrons. The van der Waals surface area contributed by atoms with E-state index in [1.165, 1.54) is 0 Å². The molecule has 1 aromatic rings. The minimum Gasteiger partial charge on any atom is -0.486 e. The van der Waals surface area contributed by atoms with Gasteiger partial charge in [-0.25, -0.2) is 0 Å². The highest BCUT2D eigenvalue weighted by molar-refractivity contribution is 5.99. The minimum atomic E-state index is -0.503. The van der Waals surface area contributed by atoms with Crippen LogP contribution in [0.1, 0.15) is 23.2 Å². The summed E-state index contributed by atoms with van der Waals surface area (Å²) < 4.78 is 11.1. The molecule has 1 saturated heterocycles. The summed E-state index contributed by atoms with van der Waals surface area (Å²) in [6, 6.07) is 3.23. The van der Waals surface area contributed by atoms with E-state index in [0.29, 0.717) is 55.5 Å². The predicted octanol–water partition coefficient (Wildman–Crippen LogP) is -0.165. The van der Waals surface area contributed by atoms with Crippen LogP contribution in [0.25, 0.3) is 0 Å². The maximum Gasteiger partial charge on any atom is 0.255 e. The van der Waals surface area contributed by atoms with Gasteiger partial charge in [-0.05, 0) is 25.5 Å². The number of β-amino-alcohol motifs (C(OH)–C–C–N with tert-alkyl or cyclic N) is 1. The lowest BCUT2D eigenvalue weighted by molar-refractivity contribution is 0.0201. The van der Waals surface area contributed by atoms with Gasteiger partial charge in [-0.2, -0.15) is 0 Å². The Morgan fingerprint density at radius 3 is 2.92 bits per heavy atom. The summed E-state index contributed by atoms with van der Waals surface area (Å²) in [4.78, 5) is 14.7. The van der Waals surface area contributed by atoms with Gasteiger partial charge in [0.05, 0.1) is 11.7 Å². The molecule has 0 bridgehead atoms. The number of aliphatic hydroxyl groups excluding tert-OH is 2. The Balaban J connectivity index is 1.57. The van der Waals surface area contributed by atoms with Crippen LogP contribution >= 0.6 is 0 Å². The normalized spacial score (nSPS) is 22.8. The van der Waals surface area contributed by atoms with Crippen molar-refractivity contribution in [3.8, 4) is 11.5 Å². The molecule has 3 rings (SSSR count). The van der Waals surface area contributed by atoms with E-state index < -0.39 is 6.10 Å². The number of hydrogen-bond donors (Lipinski definition) is 4. The van der Waals surface area contributed by atoms with Crippen LogP contribution in [-0.4, -0.2) is 73.1 Å². The fourth-order valence-electron chi connectivity index (χ4n) is 3.44. The Bertz CT molecular complexity index is 639. The molecular weight excluding hydrogens is 338 g/mol. The zero-order chi connectivity index (χ0) is 18.5. The third-order valence-electron chi connectivity index (χ3n) is 4.87. The van der Waals surface area contributed by atoms with Gasteiger partial charge in [0, 0.05) is 43.9 Å². The summed E-state index contributed by atoms with van der Waals surface area (Å²) in [6.45, 7) is 3.55. The lowest BCUT2D eigenvalue weighted by Gasteiger charge is -2.36. The van der Waals surface area contributed by atoms with Crippen LogP contribution in [0.5, 0.6) is 11.5 Å². The number of hydrogen-bond acceptors (Lipinski definition) is 7. The molecular formula is C18H27N3O5. The molecule has 0 spiro atoms. The zero-order valence-electron chi connectivity index (χ0n) is 14.8. The van der Waals surface area contributed by atoms with Gasteiger partial charge in [0.2, 0.25) is 0 Å². The first-order valence-corrected chi connectivity index (χ1v) is 9.07. The van der Waals surface area contributed by atoms with E-state index >= 15 is 0 Å². The molecule has 1 fully saturated rings. The summed E-state index contributed by atoms with van der Waals surface area (Å²) in [7, 11) is 0. The number of benzene rings is 1. The number of aliphatic hydroxyl groups is 2. The van der Waals surface area contributed by atoms with E-state index in [1.54, 1.807) is 12.1 Å². The SMILES string of the molecule is Nc1cc2c(c(C(=O)NC[C@@H]3CCN(CCCO)C[C@H]3O)c1)OCCO2. The van der Waals surface area contributed by atoms with Crippen LogP contribution in [0.4, 0.5) is 5.69 Å². The van der Waals surface area contributed by atoms with Gasteiger partial charge in [0.15, 0.2) is 11.5 Å². The van der Waals surface area contributed by atoms with E-state index in [2.05, 4.69) is 10.2 Å². The smallest absolute Gasteiger partial charge is 0.255 e. The topological polar surface area (TPSA) is 117 Å². The van der Waals surface area contributed by atoms with Crippen molar-refractivity contribution in [1.29, 1.82) is 0 Å². The molecule has 1 amide bonds. The fraction of sp³-hybridized carbons (Fsp3) is 0.611. The van der Waals surface area contributed by atoms with Crippen molar-refractivity contribution in [2.24, 2.45) is 5.92 Å². The van der Waals surface area contributed by atoms with E-state index in [4.69, 9.17) is 20.3 Å². The number of fused-ring (bicyclic) bond motifs is 1.